The van der Waals surface area contributed by atoms with Gasteiger partial charge in [0.1, 0.15) is 6.54 Å². The maximum Gasteiger partial charge on any atom is 1.00 e. The van der Waals surface area contributed by atoms with Crippen LogP contribution < -0.4 is 64.4 Å². The van der Waals surface area contributed by atoms with Crippen molar-refractivity contribution in [3.8, 4) is 0 Å². The van der Waals surface area contributed by atoms with E-state index < -0.39 is 27.3 Å². The fraction of sp³-hybridized carbons (Fsp3) is 0.483. The molecule has 11 nitrogen and oxygen atoms in total. The third-order valence-electron chi connectivity index (χ3n) is 7.72. The van der Waals surface area contributed by atoms with Crippen molar-refractivity contribution in [1.82, 2.24) is 5.01 Å². The summed E-state index contributed by atoms with van der Waals surface area (Å²) in [6.07, 6.45) is 11.0. The zero-order valence-electron chi connectivity index (χ0n) is 26.5. The van der Waals surface area contributed by atoms with Gasteiger partial charge in [-0.1, -0.05) is 25.2 Å². The molecule has 2 heterocycles. The van der Waals surface area contributed by atoms with Crippen LogP contribution in [0, 0.1) is 5.41 Å². The number of allylic oxidation sites excluding steroid dienone is 6. The van der Waals surface area contributed by atoms with Gasteiger partial charge in [-0.15, -0.1) is 0 Å². The van der Waals surface area contributed by atoms with Gasteiger partial charge in [0, 0.05) is 51.6 Å². The Morgan fingerprint density at radius 2 is 1.91 bits per heavy atom. The number of hydrogen-bond donors (Lipinski definition) is 1. The normalized spacial score (nSPS) is 20.3. The molecule has 1 atom stereocenters. The molecule has 1 aromatic rings. The van der Waals surface area contributed by atoms with E-state index in [4.69, 9.17) is 0 Å². The second-order valence-corrected chi connectivity index (χ2v) is 13.3. The molecular weight excluding hydrogens is 628 g/mol. The zero-order valence-corrected chi connectivity index (χ0v) is 32.2. The van der Waals surface area contributed by atoms with Crippen LogP contribution in [0.5, 0.6) is 0 Å². The van der Waals surface area contributed by atoms with Crippen LogP contribution in [-0.4, -0.2) is 63.9 Å². The third kappa shape index (κ3) is 10.3. The molecule has 44 heavy (non-hydrogen) atoms. The van der Waals surface area contributed by atoms with Gasteiger partial charge in [0.2, 0.25) is 5.69 Å². The molecule has 2 aliphatic rings. The molecule has 0 bridgehead atoms. The number of carboxylic acids is 1. The van der Waals surface area contributed by atoms with Crippen LogP contribution >= 0.6 is 12.0 Å². The monoisotopic (exact) mass is 666 g/mol. The van der Waals surface area contributed by atoms with E-state index in [1.807, 2.05) is 56.4 Å². The minimum atomic E-state index is -4.35. The summed E-state index contributed by atoms with van der Waals surface area (Å²) >= 11 is 0.861. The zero-order chi connectivity index (χ0) is 31.1. The molecule has 230 valence electrons. The summed E-state index contributed by atoms with van der Waals surface area (Å²) in [5, 5.41) is 29.2. The third-order valence-corrected chi connectivity index (χ3v) is 9.08. The fourth-order valence-corrected chi connectivity index (χ4v) is 6.34. The number of fused-ring (bicyclic) bond motifs is 1. The van der Waals surface area contributed by atoms with E-state index in [9.17, 15) is 28.1 Å². The standard InChI is InChI=1S/C29H39N3O8S2.2Na/c1-6-17-31-24-14-13-22(41-40-39-35)20-23(24)28(3,4)25(31)11-8-7-9-12-26-29(5,16-10-19-42(36,37)38)21(2)30-32(26)18-15-27(33)34;;/h7-9,11-14,20H,6,10,15-19H2,1-5H3,(H2-,33,34,35,36,37,38);;/q;2*+1/p-1. The summed E-state index contributed by atoms with van der Waals surface area (Å²) < 4.78 is 40.3. The number of carboxylic acid groups (broad SMARTS) is 1. The van der Waals surface area contributed by atoms with Crippen molar-refractivity contribution in [3.63, 3.8) is 0 Å². The second-order valence-electron chi connectivity index (χ2n) is 11.0. The number of rotatable bonds is 15. The summed E-state index contributed by atoms with van der Waals surface area (Å²) in [6, 6.07) is 5.89. The Morgan fingerprint density at radius 3 is 2.52 bits per heavy atom. The van der Waals surface area contributed by atoms with Gasteiger partial charge in [-0.3, -0.25) is 14.8 Å². The molecule has 1 unspecified atom stereocenters. The molecule has 15 heteroatoms. The molecule has 1 N–H and O–H groups in total. The number of aliphatic carboxylic acids is 1. The largest absolute Gasteiger partial charge is 1.00 e. The number of hydrazone groups is 1. The first-order valence-corrected chi connectivity index (χ1v) is 16.0. The molecule has 0 radical (unpaired) electrons. The maximum atomic E-state index is 11.2. The molecule has 0 saturated heterocycles. The molecule has 0 fully saturated rings. The smallest absolute Gasteiger partial charge is 0.748 e. The van der Waals surface area contributed by atoms with E-state index in [2.05, 4.69) is 45.9 Å². The quantitative estimate of drug-likeness (QED) is 0.0432. The fourth-order valence-electron chi connectivity index (χ4n) is 5.45. The minimum Gasteiger partial charge on any atom is -0.748 e. The summed E-state index contributed by atoms with van der Waals surface area (Å²) in [4.78, 5) is 12.0. The van der Waals surface area contributed by atoms with E-state index in [-0.39, 0.29) is 83.9 Å². The number of hydrogen-bond acceptors (Lipinski definition) is 10. The molecule has 0 aliphatic carbocycles. The first-order chi connectivity index (χ1) is 19.7. The Morgan fingerprint density at radius 1 is 1.20 bits per heavy atom. The van der Waals surface area contributed by atoms with Crippen molar-refractivity contribution in [3.05, 3.63) is 59.8 Å². The maximum absolute atomic E-state index is 11.2. The van der Waals surface area contributed by atoms with E-state index >= 15 is 0 Å². The minimum absolute atomic E-state index is 0. The van der Waals surface area contributed by atoms with Crippen LogP contribution in [0.3, 0.4) is 0 Å². The average molecular weight is 667 g/mol. The predicted octanol–water partition coefficient (Wildman–Crippen LogP) is -1.79. The predicted molar refractivity (Wildman–Crippen MR) is 158 cm³/mol. The van der Waals surface area contributed by atoms with Gasteiger partial charge in [0.05, 0.1) is 40.5 Å². The number of benzene rings is 1. The van der Waals surface area contributed by atoms with Crippen LogP contribution in [0.25, 0.3) is 0 Å². The van der Waals surface area contributed by atoms with Gasteiger partial charge in [-0.2, -0.15) is 14.0 Å². The van der Waals surface area contributed by atoms with Gasteiger partial charge >= 0.3 is 65.1 Å². The Labute approximate surface area is 308 Å². The SMILES string of the molecule is CCC[N+]1=C(/C=C/C=C/C=C2\N(CCC(=O)O)N=C(C)C2(C)CCCS(=O)(=O)[O-])C(C)(C)c2cc(SOO[O-])ccc21.[Na+].[Na+]. The van der Waals surface area contributed by atoms with Crippen molar-refractivity contribution >= 4 is 45.2 Å². The van der Waals surface area contributed by atoms with Crippen LogP contribution in [0.4, 0.5) is 5.69 Å². The van der Waals surface area contributed by atoms with E-state index in [0.29, 0.717) is 6.42 Å². The van der Waals surface area contributed by atoms with E-state index in [0.717, 1.165) is 58.3 Å². The Kier molecular flexibility index (Phi) is 16.8. The molecule has 0 spiro atoms. The van der Waals surface area contributed by atoms with E-state index in [1.165, 1.54) is 0 Å². The average Bonchev–Trinajstić information content (AvgIpc) is 3.26. The summed E-state index contributed by atoms with van der Waals surface area (Å²) in [7, 11) is -4.35. The summed E-state index contributed by atoms with van der Waals surface area (Å²) in [6.45, 7) is 11.1. The van der Waals surface area contributed by atoms with Crippen molar-refractivity contribution in [1.29, 1.82) is 0 Å². The van der Waals surface area contributed by atoms with Crippen LogP contribution in [-0.2, 0) is 29.7 Å². The first-order valence-electron chi connectivity index (χ1n) is 13.7. The Balaban J connectivity index is 0.00000484. The molecular formula is C29H38N3Na2O8S2+. The molecule has 3 rings (SSSR count). The molecule has 0 aromatic heterocycles. The van der Waals surface area contributed by atoms with Gasteiger partial charge < -0.3 is 14.9 Å². The van der Waals surface area contributed by atoms with Crippen LogP contribution in [0.2, 0.25) is 0 Å². The van der Waals surface area contributed by atoms with Crippen molar-refractivity contribution in [2.75, 3.05) is 18.8 Å². The van der Waals surface area contributed by atoms with Crippen molar-refractivity contribution < 1.29 is 101 Å². The van der Waals surface area contributed by atoms with Gasteiger partial charge in [-0.25, -0.2) is 8.42 Å². The van der Waals surface area contributed by atoms with Crippen LogP contribution in [0.1, 0.15) is 65.9 Å². The second kappa shape index (κ2) is 17.9. The topological polar surface area (TPSA) is 155 Å². The van der Waals surface area contributed by atoms with Gasteiger partial charge in [0.25, 0.3) is 0 Å². The molecule has 2 aliphatic heterocycles. The van der Waals surface area contributed by atoms with Crippen LogP contribution in [0.15, 0.2) is 64.3 Å². The van der Waals surface area contributed by atoms with E-state index in [1.54, 1.807) is 5.01 Å². The summed E-state index contributed by atoms with van der Waals surface area (Å²) in [5.41, 5.74) is 3.80. The molecule has 1 aromatic carbocycles. The van der Waals surface area contributed by atoms with Gasteiger partial charge in [0.15, 0.2) is 5.71 Å². The van der Waals surface area contributed by atoms with Crippen molar-refractivity contribution in [2.24, 2.45) is 10.5 Å². The molecule has 0 amide bonds. The number of nitrogens with zero attached hydrogens (tertiary/aromatic N) is 3. The number of carbonyl (C=O) groups is 1. The van der Waals surface area contributed by atoms with Gasteiger partial charge in [-0.05, 0) is 58.7 Å². The molecule has 0 saturated carbocycles. The Hall–Kier alpha value is -0.810. The first kappa shape index (κ1) is 41.2. The Bertz CT molecular complexity index is 1440. The summed E-state index contributed by atoms with van der Waals surface area (Å²) in [5.74, 6) is -1.42. The van der Waals surface area contributed by atoms with Crippen molar-refractivity contribution in [2.45, 2.75) is 70.6 Å².